The summed E-state index contributed by atoms with van der Waals surface area (Å²) in [5, 5.41) is 9.38. The zero-order valence-electron chi connectivity index (χ0n) is 12.2. The van der Waals surface area contributed by atoms with Gasteiger partial charge in [-0.3, -0.25) is 4.90 Å². The molecule has 1 aromatic heterocycles. The Balaban J connectivity index is 1.71. The number of aromatic nitrogens is 1. The minimum Gasteiger partial charge on any atom is -0.444 e. The van der Waals surface area contributed by atoms with Gasteiger partial charge in [0, 0.05) is 18.7 Å². The van der Waals surface area contributed by atoms with Crippen molar-refractivity contribution in [1.82, 2.24) is 9.88 Å². The number of aryl methyl sites for hydroxylation is 1. The van der Waals surface area contributed by atoms with E-state index in [0.717, 1.165) is 17.8 Å². The largest absolute Gasteiger partial charge is 0.444 e. The molecule has 0 saturated carbocycles. The van der Waals surface area contributed by atoms with Gasteiger partial charge in [0.1, 0.15) is 6.26 Å². The Kier molecular flexibility index (Phi) is 4.34. The molecule has 5 heteroatoms. The summed E-state index contributed by atoms with van der Waals surface area (Å²) in [4.78, 5) is 6.72. The van der Waals surface area contributed by atoms with Crippen LogP contribution in [0.4, 0.5) is 0 Å². The second-order valence-electron chi connectivity index (χ2n) is 5.39. The molecule has 1 fully saturated rings. The van der Waals surface area contributed by atoms with E-state index >= 15 is 0 Å². The molecule has 1 unspecified atom stereocenters. The molecule has 3 rings (SSSR count). The summed E-state index contributed by atoms with van der Waals surface area (Å²) in [6.07, 6.45) is 1.69. The molecule has 1 atom stereocenters. The lowest BCUT2D eigenvalue weighted by atomic mass is 10.1. The number of hydrogen-bond donors (Lipinski definition) is 1. The van der Waals surface area contributed by atoms with Crippen molar-refractivity contribution in [2.75, 3.05) is 26.4 Å². The van der Waals surface area contributed by atoms with Gasteiger partial charge in [-0.05, 0) is 19.1 Å². The van der Waals surface area contributed by atoms with Crippen molar-refractivity contribution in [1.29, 1.82) is 0 Å². The fourth-order valence-corrected chi connectivity index (χ4v) is 2.48. The summed E-state index contributed by atoms with van der Waals surface area (Å²) in [5.74, 6) is 0.638. The molecule has 112 valence electrons. The third-order valence-electron chi connectivity index (χ3n) is 3.78. The molecule has 1 aliphatic heterocycles. The average molecular weight is 288 g/mol. The molecule has 2 heterocycles. The van der Waals surface area contributed by atoms with Crippen LogP contribution in [-0.2, 0) is 11.3 Å². The molecule has 2 aromatic rings. The van der Waals surface area contributed by atoms with E-state index < -0.39 is 0 Å². The lowest BCUT2D eigenvalue weighted by Gasteiger charge is -2.33. The maximum atomic E-state index is 9.38. The van der Waals surface area contributed by atoms with Crippen LogP contribution in [0.3, 0.4) is 0 Å². The van der Waals surface area contributed by atoms with Crippen molar-refractivity contribution < 1.29 is 14.3 Å². The third-order valence-corrected chi connectivity index (χ3v) is 3.78. The van der Waals surface area contributed by atoms with E-state index in [4.69, 9.17) is 9.15 Å². The normalized spacial score (nSPS) is 19.8. The van der Waals surface area contributed by atoms with Crippen molar-refractivity contribution in [3.8, 4) is 11.5 Å². The molecule has 0 aliphatic carbocycles. The monoisotopic (exact) mass is 288 g/mol. The Morgan fingerprint density at radius 1 is 1.33 bits per heavy atom. The van der Waals surface area contributed by atoms with Crippen LogP contribution in [0.2, 0.25) is 0 Å². The van der Waals surface area contributed by atoms with Crippen molar-refractivity contribution >= 4 is 0 Å². The molecule has 1 aromatic carbocycles. The molecule has 0 spiro atoms. The first kappa shape index (κ1) is 14.3. The number of nitrogens with zero attached hydrogens (tertiary/aromatic N) is 2. The Morgan fingerprint density at radius 3 is 2.90 bits per heavy atom. The van der Waals surface area contributed by atoms with E-state index in [1.807, 2.05) is 24.3 Å². The van der Waals surface area contributed by atoms with Gasteiger partial charge >= 0.3 is 0 Å². The van der Waals surface area contributed by atoms with E-state index in [9.17, 15) is 5.11 Å². The van der Waals surface area contributed by atoms with Crippen LogP contribution >= 0.6 is 0 Å². The second kappa shape index (κ2) is 6.39. The predicted octanol–water partition coefficient (Wildman–Crippen LogP) is 1.84. The Labute approximate surface area is 124 Å². The summed E-state index contributed by atoms with van der Waals surface area (Å²) in [5.41, 5.74) is 3.07. The van der Waals surface area contributed by atoms with Crippen LogP contribution in [0.5, 0.6) is 0 Å². The highest BCUT2D eigenvalue weighted by atomic mass is 16.5. The number of benzene rings is 1. The summed E-state index contributed by atoms with van der Waals surface area (Å²) in [6, 6.07) is 8.15. The first-order valence-electron chi connectivity index (χ1n) is 7.20. The highest BCUT2D eigenvalue weighted by molar-refractivity contribution is 5.53. The zero-order chi connectivity index (χ0) is 14.7. The molecule has 0 bridgehead atoms. The van der Waals surface area contributed by atoms with E-state index in [-0.39, 0.29) is 12.6 Å². The highest BCUT2D eigenvalue weighted by Gasteiger charge is 2.23. The third kappa shape index (κ3) is 3.32. The van der Waals surface area contributed by atoms with Gasteiger partial charge in [0.2, 0.25) is 5.89 Å². The Bertz CT molecular complexity index is 579. The van der Waals surface area contributed by atoms with Gasteiger partial charge in [-0.15, -0.1) is 0 Å². The van der Waals surface area contributed by atoms with E-state index in [1.165, 1.54) is 5.56 Å². The number of oxazole rings is 1. The fraction of sp³-hybridized carbons (Fsp3) is 0.438. The molecular weight excluding hydrogens is 268 g/mol. The topological polar surface area (TPSA) is 58.7 Å². The molecule has 5 nitrogen and oxygen atoms in total. The summed E-state index contributed by atoms with van der Waals surface area (Å²) in [7, 11) is 0. The van der Waals surface area contributed by atoms with E-state index in [1.54, 1.807) is 6.26 Å². The number of hydrogen-bond acceptors (Lipinski definition) is 5. The minimum absolute atomic E-state index is 0.0401. The first-order chi connectivity index (χ1) is 10.3. The molecule has 1 saturated heterocycles. The Morgan fingerprint density at radius 2 is 2.14 bits per heavy atom. The zero-order valence-corrected chi connectivity index (χ0v) is 12.2. The maximum Gasteiger partial charge on any atom is 0.226 e. The van der Waals surface area contributed by atoms with Crippen molar-refractivity contribution in [2.24, 2.45) is 0 Å². The van der Waals surface area contributed by atoms with Gasteiger partial charge in [-0.2, -0.15) is 0 Å². The fourth-order valence-electron chi connectivity index (χ4n) is 2.48. The first-order valence-corrected chi connectivity index (χ1v) is 7.20. The number of rotatable bonds is 4. The molecule has 0 radical (unpaired) electrons. The van der Waals surface area contributed by atoms with Crippen LogP contribution < -0.4 is 0 Å². The van der Waals surface area contributed by atoms with Crippen LogP contribution in [0.1, 0.15) is 11.3 Å². The van der Waals surface area contributed by atoms with Gasteiger partial charge < -0.3 is 14.3 Å². The quantitative estimate of drug-likeness (QED) is 0.930. The molecule has 0 amide bonds. The predicted molar refractivity (Wildman–Crippen MR) is 78.8 cm³/mol. The number of ether oxygens (including phenoxy) is 1. The summed E-state index contributed by atoms with van der Waals surface area (Å²) in [6.45, 7) is 4.89. The lowest BCUT2D eigenvalue weighted by molar-refractivity contribution is -0.0317. The van der Waals surface area contributed by atoms with Crippen LogP contribution in [0, 0.1) is 6.92 Å². The smallest absolute Gasteiger partial charge is 0.226 e. The maximum absolute atomic E-state index is 9.38. The standard InChI is InChI=1S/C16H20N2O3/c1-12-2-4-13(5-3-12)16-17-14(10-21-16)8-18-6-7-20-11-15(18)9-19/h2-5,10,15,19H,6-9,11H2,1H3. The second-order valence-corrected chi connectivity index (χ2v) is 5.39. The number of aliphatic hydroxyl groups excluding tert-OH is 1. The molecule has 21 heavy (non-hydrogen) atoms. The van der Waals surface area contributed by atoms with Crippen LogP contribution in [0.15, 0.2) is 34.9 Å². The molecule has 1 aliphatic rings. The SMILES string of the molecule is Cc1ccc(-c2nc(CN3CCOCC3CO)co2)cc1. The van der Waals surface area contributed by atoms with Crippen molar-refractivity contribution in [3.63, 3.8) is 0 Å². The Hall–Kier alpha value is -1.69. The van der Waals surface area contributed by atoms with E-state index in [0.29, 0.717) is 25.6 Å². The molecule has 1 N–H and O–H groups in total. The summed E-state index contributed by atoms with van der Waals surface area (Å²) >= 11 is 0. The number of morpholine rings is 1. The highest BCUT2D eigenvalue weighted by Crippen LogP contribution is 2.20. The van der Waals surface area contributed by atoms with E-state index in [2.05, 4.69) is 16.8 Å². The van der Waals surface area contributed by atoms with Crippen LogP contribution in [0.25, 0.3) is 11.5 Å². The van der Waals surface area contributed by atoms with Gasteiger partial charge in [-0.1, -0.05) is 17.7 Å². The van der Waals surface area contributed by atoms with Crippen molar-refractivity contribution in [2.45, 2.75) is 19.5 Å². The molecular formula is C16H20N2O3. The number of aliphatic hydroxyl groups is 1. The lowest BCUT2D eigenvalue weighted by Crippen LogP contribution is -2.46. The average Bonchev–Trinajstić information content (AvgIpc) is 2.97. The van der Waals surface area contributed by atoms with Gasteiger partial charge in [-0.25, -0.2) is 4.98 Å². The van der Waals surface area contributed by atoms with Gasteiger partial charge in [0.25, 0.3) is 0 Å². The minimum atomic E-state index is 0.0401. The summed E-state index contributed by atoms with van der Waals surface area (Å²) < 4.78 is 11.0. The van der Waals surface area contributed by atoms with Gasteiger partial charge in [0.15, 0.2) is 0 Å². The van der Waals surface area contributed by atoms with Gasteiger partial charge in [0.05, 0.1) is 31.6 Å². The van der Waals surface area contributed by atoms with Crippen LogP contribution in [-0.4, -0.2) is 47.4 Å². The van der Waals surface area contributed by atoms with Crippen molar-refractivity contribution in [3.05, 3.63) is 41.8 Å².